The lowest BCUT2D eigenvalue weighted by molar-refractivity contribution is -0.127. The van der Waals surface area contributed by atoms with Crippen LogP contribution in [0.15, 0.2) is 36.4 Å². The summed E-state index contributed by atoms with van der Waals surface area (Å²) in [6.45, 7) is 5.44. The van der Waals surface area contributed by atoms with Crippen LogP contribution >= 0.6 is 0 Å². The van der Waals surface area contributed by atoms with Crippen LogP contribution in [0.2, 0.25) is 0 Å². The molecule has 0 aromatic heterocycles. The van der Waals surface area contributed by atoms with Crippen molar-refractivity contribution in [2.45, 2.75) is 26.9 Å². The van der Waals surface area contributed by atoms with Gasteiger partial charge in [-0.1, -0.05) is 12.1 Å². The highest BCUT2D eigenvalue weighted by molar-refractivity contribution is 6.06. The number of aryl methyl sites for hydroxylation is 2. The summed E-state index contributed by atoms with van der Waals surface area (Å²) in [5.41, 5.74) is 3.17. The Kier molecular flexibility index (Phi) is 4.84. The predicted molar refractivity (Wildman–Crippen MR) is 100.0 cm³/mol. The Balaban J connectivity index is 1.84. The highest BCUT2D eigenvalue weighted by atomic mass is 16.5. The number of benzene rings is 2. The molecular weight excluding hydrogens is 332 g/mol. The standard InChI is InChI=1S/C20H22N2O4/c1-12-5-7-17(25-4)15(9-12)21-19(23)11-22-16-10-13(2)6-8-18(16)26-14(3)20(22)24/h5-10,14H,11H2,1-4H3,(H,21,23). The lowest BCUT2D eigenvalue weighted by Crippen LogP contribution is -2.47. The van der Waals surface area contributed by atoms with E-state index >= 15 is 0 Å². The molecule has 136 valence electrons. The van der Waals surface area contributed by atoms with Crippen molar-refractivity contribution >= 4 is 23.2 Å². The van der Waals surface area contributed by atoms with E-state index in [1.165, 1.54) is 4.90 Å². The largest absolute Gasteiger partial charge is 0.495 e. The van der Waals surface area contributed by atoms with Crippen molar-refractivity contribution in [1.82, 2.24) is 0 Å². The van der Waals surface area contributed by atoms with Crippen LogP contribution in [-0.4, -0.2) is 31.6 Å². The summed E-state index contributed by atoms with van der Waals surface area (Å²) >= 11 is 0. The van der Waals surface area contributed by atoms with E-state index in [1.54, 1.807) is 20.1 Å². The molecule has 1 aliphatic heterocycles. The summed E-state index contributed by atoms with van der Waals surface area (Å²) in [5.74, 6) is 0.628. The van der Waals surface area contributed by atoms with Gasteiger partial charge in [-0.2, -0.15) is 0 Å². The maximum absolute atomic E-state index is 12.6. The van der Waals surface area contributed by atoms with E-state index in [-0.39, 0.29) is 18.4 Å². The van der Waals surface area contributed by atoms with Crippen LogP contribution in [0, 0.1) is 13.8 Å². The van der Waals surface area contributed by atoms with Crippen LogP contribution in [0.5, 0.6) is 11.5 Å². The molecule has 6 heteroatoms. The summed E-state index contributed by atoms with van der Waals surface area (Å²) < 4.78 is 10.9. The Morgan fingerprint density at radius 3 is 2.62 bits per heavy atom. The number of amides is 2. The smallest absolute Gasteiger partial charge is 0.268 e. The van der Waals surface area contributed by atoms with Gasteiger partial charge in [0.25, 0.3) is 5.91 Å². The second-order valence-electron chi connectivity index (χ2n) is 6.41. The molecule has 0 radical (unpaired) electrons. The topological polar surface area (TPSA) is 67.9 Å². The molecule has 2 aromatic carbocycles. The third kappa shape index (κ3) is 3.49. The summed E-state index contributed by atoms with van der Waals surface area (Å²) in [7, 11) is 1.55. The molecule has 1 atom stereocenters. The quantitative estimate of drug-likeness (QED) is 0.916. The first-order valence-electron chi connectivity index (χ1n) is 8.42. The van der Waals surface area contributed by atoms with E-state index in [2.05, 4.69) is 5.32 Å². The first-order valence-corrected chi connectivity index (χ1v) is 8.42. The molecule has 26 heavy (non-hydrogen) atoms. The van der Waals surface area contributed by atoms with Crippen LogP contribution in [0.25, 0.3) is 0 Å². The lowest BCUT2D eigenvalue weighted by atomic mass is 10.1. The van der Waals surface area contributed by atoms with Crippen molar-refractivity contribution in [3.63, 3.8) is 0 Å². The molecule has 0 spiro atoms. The highest BCUT2D eigenvalue weighted by Gasteiger charge is 2.32. The van der Waals surface area contributed by atoms with Gasteiger partial charge in [0.15, 0.2) is 6.10 Å². The molecule has 0 fully saturated rings. The first-order chi connectivity index (χ1) is 12.4. The molecule has 1 aliphatic rings. The Morgan fingerprint density at radius 2 is 1.88 bits per heavy atom. The van der Waals surface area contributed by atoms with Crippen molar-refractivity contribution in [3.05, 3.63) is 47.5 Å². The third-order valence-corrected chi connectivity index (χ3v) is 4.25. The minimum atomic E-state index is -0.633. The van der Waals surface area contributed by atoms with Crippen molar-refractivity contribution in [2.24, 2.45) is 0 Å². The van der Waals surface area contributed by atoms with Crippen LogP contribution in [0.1, 0.15) is 18.1 Å². The summed E-state index contributed by atoms with van der Waals surface area (Å²) in [6, 6.07) is 11.1. The van der Waals surface area contributed by atoms with Crippen LogP contribution < -0.4 is 19.7 Å². The number of methoxy groups -OCH3 is 1. The van der Waals surface area contributed by atoms with Gasteiger partial charge < -0.3 is 14.8 Å². The van der Waals surface area contributed by atoms with Gasteiger partial charge in [-0.25, -0.2) is 0 Å². The molecule has 1 N–H and O–H groups in total. The minimum absolute atomic E-state index is 0.0971. The Hall–Kier alpha value is -3.02. The van der Waals surface area contributed by atoms with Gasteiger partial charge in [0, 0.05) is 0 Å². The monoisotopic (exact) mass is 354 g/mol. The number of rotatable bonds is 4. The Bertz CT molecular complexity index is 863. The second kappa shape index (κ2) is 7.07. The fourth-order valence-corrected chi connectivity index (χ4v) is 2.93. The highest BCUT2D eigenvalue weighted by Crippen LogP contribution is 2.35. The molecule has 2 amide bonds. The molecular formula is C20H22N2O4. The number of carbonyl (C=O) groups is 2. The number of hydrogen-bond donors (Lipinski definition) is 1. The van der Waals surface area contributed by atoms with Gasteiger partial charge in [0.05, 0.1) is 18.5 Å². The molecule has 0 saturated carbocycles. The van der Waals surface area contributed by atoms with E-state index < -0.39 is 6.10 Å². The minimum Gasteiger partial charge on any atom is -0.495 e. The molecule has 3 rings (SSSR count). The van der Waals surface area contributed by atoms with Gasteiger partial charge in [0.1, 0.15) is 18.0 Å². The number of anilines is 2. The summed E-state index contributed by atoms with van der Waals surface area (Å²) in [4.78, 5) is 26.6. The molecule has 0 saturated heterocycles. The van der Waals surface area contributed by atoms with Gasteiger partial charge in [0.2, 0.25) is 5.91 Å². The number of nitrogens with zero attached hydrogens (tertiary/aromatic N) is 1. The van der Waals surface area contributed by atoms with Crippen molar-refractivity contribution < 1.29 is 19.1 Å². The zero-order valence-corrected chi connectivity index (χ0v) is 15.3. The van der Waals surface area contributed by atoms with Crippen molar-refractivity contribution in [2.75, 3.05) is 23.9 Å². The van der Waals surface area contributed by atoms with Gasteiger partial charge >= 0.3 is 0 Å². The van der Waals surface area contributed by atoms with E-state index in [0.29, 0.717) is 22.9 Å². The Morgan fingerprint density at radius 1 is 1.19 bits per heavy atom. The normalized spacial score (nSPS) is 15.9. The molecule has 2 aromatic rings. The van der Waals surface area contributed by atoms with Crippen LogP contribution in [-0.2, 0) is 9.59 Å². The fraction of sp³-hybridized carbons (Fsp3) is 0.300. The molecule has 1 unspecified atom stereocenters. The number of carbonyl (C=O) groups excluding carboxylic acids is 2. The average molecular weight is 354 g/mol. The van der Waals surface area contributed by atoms with Crippen LogP contribution in [0.4, 0.5) is 11.4 Å². The Labute approximate surface area is 152 Å². The number of hydrogen-bond acceptors (Lipinski definition) is 4. The maximum atomic E-state index is 12.6. The van der Waals surface area contributed by atoms with Gasteiger partial charge in [-0.3, -0.25) is 14.5 Å². The van der Waals surface area contributed by atoms with Crippen LogP contribution in [0.3, 0.4) is 0 Å². The second-order valence-corrected chi connectivity index (χ2v) is 6.41. The maximum Gasteiger partial charge on any atom is 0.268 e. The van der Waals surface area contributed by atoms with E-state index in [0.717, 1.165) is 11.1 Å². The molecule has 1 heterocycles. The van der Waals surface area contributed by atoms with Gasteiger partial charge in [-0.05, 0) is 56.2 Å². The van der Waals surface area contributed by atoms with Crippen molar-refractivity contribution in [1.29, 1.82) is 0 Å². The van der Waals surface area contributed by atoms with E-state index in [9.17, 15) is 9.59 Å². The van der Waals surface area contributed by atoms with Gasteiger partial charge in [-0.15, -0.1) is 0 Å². The molecule has 6 nitrogen and oxygen atoms in total. The zero-order chi connectivity index (χ0) is 18.8. The van der Waals surface area contributed by atoms with E-state index in [1.807, 2.05) is 44.2 Å². The zero-order valence-electron chi connectivity index (χ0n) is 15.3. The fourth-order valence-electron chi connectivity index (χ4n) is 2.93. The number of nitrogens with one attached hydrogen (secondary N) is 1. The number of ether oxygens (including phenoxy) is 2. The van der Waals surface area contributed by atoms with E-state index in [4.69, 9.17) is 9.47 Å². The average Bonchev–Trinajstić information content (AvgIpc) is 2.60. The number of fused-ring (bicyclic) bond motifs is 1. The molecule has 0 aliphatic carbocycles. The third-order valence-electron chi connectivity index (χ3n) is 4.25. The lowest BCUT2D eigenvalue weighted by Gasteiger charge is -2.32. The predicted octanol–water partition coefficient (Wildman–Crippen LogP) is 3.06. The van der Waals surface area contributed by atoms with Crippen molar-refractivity contribution in [3.8, 4) is 11.5 Å². The SMILES string of the molecule is COc1ccc(C)cc1NC(=O)CN1C(=O)C(C)Oc2ccc(C)cc21. The first kappa shape index (κ1) is 17.8. The molecule has 0 bridgehead atoms. The summed E-state index contributed by atoms with van der Waals surface area (Å²) in [5, 5.41) is 2.83. The summed E-state index contributed by atoms with van der Waals surface area (Å²) in [6.07, 6.45) is -0.633.